The lowest BCUT2D eigenvalue weighted by Crippen LogP contribution is -2.06. The van der Waals surface area contributed by atoms with Crippen LogP contribution in [-0.2, 0) is 6.42 Å². The Bertz CT molecular complexity index is 620. The largest absolute Gasteiger partial charge is 0.438 e. The van der Waals surface area contributed by atoms with Crippen molar-refractivity contribution in [1.82, 2.24) is 9.97 Å². The highest BCUT2D eigenvalue weighted by molar-refractivity contribution is 6.42. The van der Waals surface area contributed by atoms with Crippen molar-refractivity contribution in [3.63, 3.8) is 0 Å². The number of halogens is 2. The molecule has 0 aliphatic heterocycles. The highest BCUT2D eigenvalue weighted by atomic mass is 35.5. The van der Waals surface area contributed by atoms with Crippen molar-refractivity contribution in [3.8, 4) is 11.6 Å². The van der Waals surface area contributed by atoms with Crippen LogP contribution in [0, 0.1) is 0 Å². The maximum absolute atomic E-state index is 6.00. The molecule has 1 aromatic carbocycles. The molecular weight excluding hydrogens is 309 g/mol. The van der Waals surface area contributed by atoms with Crippen LogP contribution in [0.15, 0.2) is 24.5 Å². The molecular formula is C15H17Cl2N3O. The molecule has 0 saturated heterocycles. The zero-order valence-electron chi connectivity index (χ0n) is 12.0. The number of aromatic nitrogens is 2. The van der Waals surface area contributed by atoms with Crippen LogP contribution in [0.5, 0.6) is 11.6 Å². The van der Waals surface area contributed by atoms with Gasteiger partial charge in [0, 0.05) is 12.6 Å². The fourth-order valence-electron chi connectivity index (χ4n) is 1.93. The molecule has 0 unspecified atom stereocenters. The van der Waals surface area contributed by atoms with Crippen LogP contribution in [0.2, 0.25) is 10.0 Å². The van der Waals surface area contributed by atoms with Crippen LogP contribution < -0.4 is 10.1 Å². The van der Waals surface area contributed by atoms with Crippen LogP contribution in [0.25, 0.3) is 0 Å². The van der Waals surface area contributed by atoms with Crippen LogP contribution in [-0.4, -0.2) is 16.5 Å². The summed E-state index contributed by atoms with van der Waals surface area (Å²) in [5.74, 6) is 1.95. The molecule has 1 heterocycles. The Hall–Kier alpha value is -1.52. The van der Waals surface area contributed by atoms with Gasteiger partial charge in [-0.3, -0.25) is 0 Å². The van der Waals surface area contributed by atoms with Crippen LogP contribution in [0.4, 0.5) is 5.82 Å². The van der Waals surface area contributed by atoms with Gasteiger partial charge in [-0.2, -0.15) is 0 Å². The number of anilines is 1. The van der Waals surface area contributed by atoms with E-state index >= 15 is 0 Å². The van der Waals surface area contributed by atoms with Crippen molar-refractivity contribution in [1.29, 1.82) is 0 Å². The molecule has 0 aliphatic carbocycles. The van der Waals surface area contributed by atoms with E-state index in [2.05, 4.69) is 22.2 Å². The normalized spacial score (nSPS) is 10.5. The van der Waals surface area contributed by atoms with Gasteiger partial charge in [0.25, 0.3) is 0 Å². The summed E-state index contributed by atoms with van der Waals surface area (Å²) in [6.45, 7) is 4.92. The Labute approximate surface area is 134 Å². The van der Waals surface area contributed by atoms with E-state index in [0.717, 1.165) is 30.8 Å². The zero-order valence-corrected chi connectivity index (χ0v) is 13.5. The third-order valence-corrected chi connectivity index (χ3v) is 3.59. The number of benzene rings is 1. The fraction of sp³-hybridized carbons (Fsp3) is 0.333. The molecule has 0 atom stereocenters. The van der Waals surface area contributed by atoms with E-state index < -0.39 is 0 Å². The van der Waals surface area contributed by atoms with E-state index in [-0.39, 0.29) is 0 Å². The summed E-state index contributed by atoms with van der Waals surface area (Å²) in [5.41, 5.74) is 0.966. The van der Waals surface area contributed by atoms with Gasteiger partial charge in [0.1, 0.15) is 17.9 Å². The molecule has 0 amide bonds. The highest BCUT2D eigenvalue weighted by Crippen LogP contribution is 2.31. The maximum atomic E-state index is 6.00. The molecule has 1 N–H and O–H groups in total. The van der Waals surface area contributed by atoms with Crippen molar-refractivity contribution in [2.75, 3.05) is 11.9 Å². The minimum absolute atomic E-state index is 0.451. The Balaban J connectivity index is 2.33. The number of nitrogens with zero attached hydrogens (tertiary/aromatic N) is 2. The summed E-state index contributed by atoms with van der Waals surface area (Å²) in [7, 11) is 0. The molecule has 112 valence electrons. The maximum Gasteiger partial charge on any atom is 0.227 e. The van der Waals surface area contributed by atoms with Gasteiger partial charge in [-0.25, -0.2) is 9.97 Å². The van der Waals surface area contributed by atoms with Gasteiger partial charge < -0.3 is 10.1 Å². The summed E-state index contributed by atoms with van der Waals surface area (Å²) in [6, 6.07) is 5.14. The molecule has 0 fully saturated rings. The predicted octanol–water partition coefficient (Wildman–Crippen LogP) is 4.96. The first-order chi connectivity index (χ1) is 10.2. The Morgan fingerprint density at radius 3 is 2.62 bits per heavy atom. The van der Waals surface area contributed by atoms with Crippen molar-refractivity contribution in [2.24, 2.45) is 0 Å². The van der Waals surface area contributed by atoms with E-state index in [1.807, 2.05) is 6.92 Å². The van der Waals surface area contributed by atoms with Gasteiger partial charge in [-0.1, -0.05) is 36.5 Å². The van der Waals surface area contributed by atoms with E-state index in [9.17, 15) is 0 Å². The first-order valence-electron chi connectivity index (χ1n) is 6.86. The van der Waals surface area contributed by atoms with Crippen molar-refractivity contribution in [2.45, 2.75) is 26.7 Å². The average molecular weight is 326 g/mol. The molecule has 0 radical (unpaired) electrons. The van der Waals surface area contributed by atoms with Gasteiger partial charge >= 0.3 is 0 Å². The first-order valence-corrected chi connectivity index (χ1v) is 7.62. The van der Waals surface area contributed by atoms with E-state index in [4.69, 9.17) is 27.9 Å². The second-order valence-electron chi connectivity index (χ2n) is 4.46. The quantitative estimate of drug-likeness (QED) is 0.815. The summed E-state index contributed by atoms with van der Waals surface area (Å²) in [5, 5.41) is 4.17. The van der Waals surface area contributed by atoms with Crippen molar-refractivity contribution >= 4 is 29.0 Å². The SMILES string of the molecule is CCCc1c(NCC)ncnc1Oc1ccc(Cl)c(Cl)c1. The standard InChI is InChI=1S/C15H17Cl2N3O/c1-3-5-11-14(18-4-2)19-9-20-15(11)21-10-6-7-12(16)13(17)8-10/h6-9H,3-5H2,1-2H3,(H,18,19,20). The van der Waals surface area contributed by atoms with Gasteiger partial charge in [0.2, 0.25) is 5.88 Å². The molecule has 0 aliphatic rings. The lowest BCUT2D eigenvalue weighted by molar-refractivity contribution is 0.454. The second kappa shape index (κ2) is 7.48. The highest BCUT2D eigenvalue weighted by Gasteiger charge is 2.13. The molecule has 0 spiro atoms. The minimum Gasteiger partial charge on any atom is -0.438 e. The number of rotatable bonds is 6. The summed E-state index contributed by atoms with van der Waals surface area (Å²) >= 11 is 11.9. The molecule has 0 saturated carbocycles. The van der Waals surface area contributed by atoms with Gasteiger partial charge in [0.15, 0.2) is 0 Å². The monoisotopic (exact) mass is 325 g/mol. The van der Waals surface area contributed by atoms with Crippen LogP contribution >= 0.6 is 23.2 Å². The molecule has 2 aromatic rings. The third-order valence-electron chi connectivity index (χ3n) is 2.86. The Kier molecular flexibility index (Phi) is 5.65. The Morgan fingerprint density at radius 2 is 1.95 bits per heavy atom. The lowest BCUT2D eigenvalue weighted by Gasteiger charge is -2.13. The molecule has 21 heavy (non-hydrogen) atoms. The van der Waals surface area contributed by atoms with Crippen LogP contribution in [0.3, 0.4) is 0 Å². The van der Waals surface area contributed by atoms with Crippen LogP contribution in [0.1, 0.15) is 25.8 Å². The molecule has 4 nitrogen and oxygen atoms in total. The number of ether oxygens (including phenoxy) is 1. The average Bonchev–Trinajstić information content (AvgIpc) is 2.46. The molecule has 2 rings (SSSR count). The first kappa shape index (κ1) is 15.9. The summed E-state index contributed by atoms with van der Waals surface area (Å²) < 4.78 is 5.85. The van der Waals surface area contributed by atoms with E-state index in [1.54, 1.807) is 18.2 Å². The van der Waals surface area contributed by atoms with Crippen molar-refractivity contribution in [3.05, 3.63) is 40.1 Å². The topological polar surface area (TPSA) is 47.0 Å². The number of hydrogen-bond acceptors (Lipinski definition) is 4. The number of hydrogen-bond donors (Lipinski definition) is 1. The summed E-state index contributed by atoms with van der Waals surface area (Å²) in [6.07, 6.45) is 3.30. The molecule has 6 heteroatoms. The minimum atomic E-state index is 0.451. The second-order valence-corrected chi connectivity index (χ2v) is 5.28. The van der Waals surface area contributed by atoms with E-state index in [0.29, 0.717) is 21.7 Å². The zero-order chi connectivity index (χ0) is 15.2. The Morgan fingerprint density at radius 1 is 1.14 bits per heavy atom. The van der Waals surface area contributed by atoms with Gasteiger partial charge in [-0.15, -0.1) is 0 Å². The summed E-state index contributed by atoms with van der Waals surface area (Å²) in [4.78, 5) is 8.51. The third kappa shape index (κ3) is 3.99. The lowest BCUT2D eigenvalue weighted by atomic mass is 10.1. The molecule has 0 bridgehead atoms. The predicted molar refractivity (Wildman–Crippen MR) is 86.7 cm³/mol. The smallest absolute Gasteiger partial charge is 0.227 e. The van der Waals surface area contributed by atoms with E-state index in [1.165, 1.54) is 6.33 Å². The molecule has 1 aromatic heterocycles. The fourth-order valence-corrected chi connectivity index (χ4v) is 2.22. The van der Waals surface area contributed by atoms with Gasteiger partial charge in [-0.05, 0) is 25.5 Å². The number of nitrogens with one attached hydrogen (secondary N) is 1. The van der Waals surface area contributed by atoms with Gasteiger partial charge in [0.05, 0.1) is 15.6 Å². The van der Waals surface area contributed by atoms with Crippen molar-refractivity contribution < 1.29 is 4.74 Å².